The summed E-state index contributed by atoms with van der Waals surface area (Å²) in [7, 11) is 2.16. The van der Waals surface area contributed by atoms with E-state index in [-0.39, 0.29) is 5.91 Å². The maximum absolute atomic E-state index is 12.1. The van der Waals surface area contributed by atoms with E-state index in [0.29, 0.717) is 6.54 Å². The molecule has 1 N–H and O–H groups in total. The number of carbonyl (C=O) groups is 1. The van der Waals surface area contributed by atoms with Gasteiger partial charge in [0.05, 0.1) is 0 Å². The average molecular weight is 314 g/mol. The van der Waals surface area contributed by atoms with Gasteiger partial charge in [-0.3, -0.25) is 4.79 Å². The first-order valence-electron chi connectivity index (χ1n) is 8.21. The van der Waals surface area contributed by atoms with Gasteiger partial charge in [-0.25, -0.2) is 4.98 Å². The van der Waals surface area contributed by atoms with Crippen LogP contribution in [0.5, 0.6) is 0 Å². The van der Waals surface area contributed by atoms with Gasteiger partial charge in [0.1, 0.15) is 12.2 Å². The Labute approximate surface area is 137 Å². The van der Waals surface area contributed by atoms with Gasteiger partial charge in [0.2, 0.25) is 5.91 Å². The Bertz CT molecular complexity index is 645. The number of nitrogens with one attached hydrogen (secondary N) is 1. The highest BCUT2D eigenvalue weighted by Crippen LogP contribution is 2.11. The van der Waals surface area contributed by atoms with E-state index < -0.39 is 0 Å². The lowest BCUT2D eigenvalue weighted by molar-refractivity contribution is -0.121. The molecule has 1 aliphatic rings. The predicted octanol–water partition coefficient (Wildman–Crippen LogP) is 0.590. The van der Waals surface area contributed by atoms with Crippen LogP contribution < -0.4 is 5.32 Å². The number of hydrogen-bond acceptors (Lipinski definition) is 4. The lowest BCUT2D eigenvalue weighted by Gasteiger charge is -2.32. The number of aromatic nitrogens is 2. The molecule has 23 heavy (non-hydrogen) atoms. The third-order valence-corrected chi connectivity index (χ3v) is 4.32. The molecule has 0 bridgehead atoms. The molecule has 1 saturated heterocycles. The molecule has 6 nitrogen and oxygen atoms in total. The van der Waals surface area contributed by atoms with Crippen molar-refractivity contribution in [2.75, 3.05) is 46.3 Å². The van der Waals surface area contributed by atoms with Crippen LogP contribution in [0.4, 0.5) is 0 Å². The van der Waals surface area contributed by atoms with E-state index in [1.807, 2.05) is 16.7 Å². The lowest BCUT2D eigenvalue weighted by Crippen LogP contribution is -2.45. The number of rotatable bonds is 6. The standard InChI is InChI=1S/C17H24N5O/c1-20-10-12-21(13-11-20)8-3-7-18-16(23)14-22-9-5-15-4-2-6-19-17(15)22/h2,4,6,9H,3,7-8,10-14H2,1H3,(H,18,23). The van der Waals surface area contributed by atoms with Crippen molar-refractivity contribution < 1.29 is 4.79 Å². The molecule has 1 radical (unpaired) electrons. The average Bonchev–Trinajstić information content (AvgIpc) is 2.96. The normalized spacial score (nSPS) is 16.7. The minimum Gasteiger partial charge on any atom is -0.355 e. The van der Waals surface area contributed by atoms with Crippen molar-refractivity contribution in [1.29, 1.82) is 0 Å². The first-order chi connectivity index (χ1) is 11.2. The molecule has 0 spiro atoms. The van der Waals surface area contributed by atoms with E-state index in [1.54, 1.807) is 12.4 Å². The second-order valence-corrected chi connectivity index (χ2v) is 6.12. The summed E-state index contributed by atoms with van der Waals surface area (Å²) in [6, 6.07) is 6.94. The highest BCUT2D eigenvalue weighted by molar-refractivity contribution is 5.80. The number of piperazine rings is 1. The molecule has 0 saturated carbocycles. The van der Waals surface area contributed by atoms with E-state index in [4.69, 9.17) is 0 Å². The minimum atomic E-state index is 0.0277. The molecule has 1 amide bonds. The van der Waals surface area contributed by atoms with E-state index in [2.05, 4.69) is 33.2 Å². The summed E-state index contributed by atoms with van der Waals surface area (Å²) in [6.07, 6.45) is 4.52. The predicted molar refractivity (Wildman–Crippen MR) is 90.1 cm³/mol. The zero-order valence-electron chi connectivity index (χ0n) is 13.7. The maximum atomic E-state index is 12.1. The Morgan fingerprint density at radius 2 is 2.17 bits per heavy atom. The molecular formula is C17H24N5O. The minimum absolute atomic E-state index is 0.0277. The van der Waals surface area contributed by atoms with Gasteiger partial charge in [-0.1, -0.05) is 0 Å². The Morgan fingerprint density at radius 1 is 1.35 bits per heavy atom. The Kier molecular flexibility index (Phi) is 5.25. The Morgan fingerprint density at radius 3 is 3.00 bits per heavy atom. The number of pyridine rings is 1. The molecule has 3 rings (SSSR count). The zero-order chi connectivity index (χ0) is 16.1. The van der Waals surface area contributed by atoms with Crippen LogP contribution in [0.15, 0.2) is 24.5 Å². The number of nitrogens with zero attached hydrogens (tertiary/aromatic N) is 4. The number of fused-ring (bicyclic) bond motifs is 1. The van der Waals surface area contributed by atoms with Gasteiger partial charge < -0.3 is 19.7 Å². The fourth-order valence-electron chi connectivity index (χ4n) is 2.88. The second-order valence-electron chi connectivity index (χ2n) is 6.12. The molecule has 2 aromatic rings. The van der Waals surface area contributed by atoms with Crippen molar-refractivity contribution in [3.63, 3.8) is 0 Å². The van der Waals surface area contributed by atoms with Gasteiger partial charge in [0, 0.05) is 56.6 Å². The van der Waals surface area contributed by atoms with Crippen LogP contribution in [-0.2, 0) is 11.3 Å². The van der Waals surface area contributed by atoms with Crippen LogP contribution in [0, 0.1) is 6.07 Å². The zero-order valence-corrected chi connectivity index (χ0v) is 13.7. The number of carbonyl (C=O) groups excluding carboxylic acids is 1. The summed E-state index contributed by atoms with van der Waals surface area (Å²) in [5, 5.41) is 3.94. The first kappa shape index (κ1) is 16.0. The summed E-state index contributed by atoms with van der Waals surface area (Å²) >= 11 is 0. The van der Waals surface area contributed by atoms with E-state index in [9.17, 15) is 4.79 Å². The van der Waals surface area contributed by atoms with Gasteiger partial charge in [-0.15, -0.1) is 0 Å². The number of amides is 1. The van der Waals surface area contributed by atoms with Gasteiger partial charge in [-0.05, 0) is 32.1 Å². The number of hydrogen-bond donors (Lipinski definition) is 1. The van der Waals surface area contributed by atoms with E-state index >= 15 is 0 Å². The molecule has 1 aliphatic heterocycles. The second kappa shape index (κ2) is 7.57. The molecule has 1 fully saturated rings. The molecule has 0 aromatic carbocycles. The molecule has 0 atom stereocenters. The monoisotopic (exact) mass is 314 g/mol. The van der Waals surface area contributed by atoms with Crippen LogP contribution in [0.1, 0.15) is 6.42 Å². The van der Waals surface area contributed by atoms with E-state index in [0.717, 1.165) is 56.7 Å². The molecule has 2 aromatic heterocycles. The van der Waals surface area contributed by atoms with Crippen molar-refractivity contribution in [2.45, 2.75) is 13.0 Å². The van der Waals surface area contributed by atoms with Crippen LogP contribution in [0.25, 0.3) is 11.0 Å². The van der Waals surface area contributed by atoms with E-state index in [1.165, 1.54) is 0 Å². The fraction of sp³-hybridized carbons (Fsp3) is 0.529. The van der Waals surface area contributed by atoms with Crippen LogP contribution in [-0.4, -0.2) is 71.6 Å². The summed E-state index contributed by atoms with van der Waals surface area (Å²) in [4.78, 5) is 21.2. The van der Waals surface area contributed by atoms with Crippen molar-refractivity contribution in [2.24, 2.45) is 0 Å². The summed E-state index contributed by atoms with van der Waals surface area (Å²) < 4.78 is 1.84. The first-order valence-corrected chi connectivity index (χ1v) is 8.21. The molecule has 6 heteroatoms. The molecule has 0 aliphatic carbocycles. The van der Waals surface area contributed by atoms with Crippen LogP contribution in [0.2, 0.25) is 0 Å². The van der Waals surface area contributed by atoms with Gasteiger partial charge >= 0.3 is 0 Å². The fourth-order valence-corrected chi connectivity index (χ4v) is 2.88. The molecular weight excluding hydrogens is 290 g/mol. The molecule has 0 unspecified atom stereocenters. The summed E-state index contributed by atoms with van der Waals surface area (Å²) in [5.74, 6) is 0.0277. The van der Waals surface area contributed by atoms with Crippen LogP contribution >= 0.6 is 0 Å². The summed E-state index contributed by atoms with van der Waals surface area (Å²) in [6.45, 7) is 6.60. The molecule has 123 valence electrons. The topological polar surface area (TPSA) is 53.4 Å². The smallest absolute Gasteiger partial charge is 0.239 e. The number of likely N-dealkylation sites (N-methyl/N-ethyl adjacent to an activating group) is 1. The van der Waals surface area contributed by atoms with Crippen molar-refractivity contribution in [1.82, 2.24) is 24.7 Å². The Hall–Kier alpha value is -1.92. The third-order valence-electron chi connectivity index (χ3n) is 4.32. The highest BCUT2D eigenvalue weighted by atomic mass is 16.1. The van der Waals surface area contributed by atoms with Gasteiger partial charge in [-0.2, -0.15) is 0 Å². The quantitative estimate of drug-likeness (QED) is 0.793. The van der Waals surface area contributed by atoms with Crippen molar-refractivity contribution in [3.05, 3.63) is 30.6 Å². The Balaban J connectivity index is 1.38. The van der Waals surface area contributed by atoms with Crippen LogP contribution in [0.3, 0.4) is 0 Å². The third kappa shape index (κ3) is 4.30. The summed E-state index contributed by atoms with van der Waals surface area (Å²) in [5.41, 5.74) is 0.806. The van der Waals surface area contributed by atoms with Crippen molar-refractivity contribution >= 4 is 16.9 Å². The largest absolute Gasteiger partial charge is 0.355 e. The SMILES string of the molecule is CN1CCN(CCCNC(=O)Cn2c[c]c3cccnc32)CC1. The lowest BCUT2D eigenvalue weighted by atomic mass is 10.3. The van der Waals surface area contributed by atoms with Gasteiger partial charge in [0.15, 0.2) is 0 Å². The maximum Gasteiger partial charge on any atom is 0.239 e. The van der Waals surface area contributed by atoms with Gasteiger partial charge in [0.25, 0.3) is 0 Å². The molecule has 3 heterocycles. The van der Waals surface area contributed by atoms with Crippen molar-refractivity contribution in [3.8, 4) is 0 Å². The highest BCUT2D eigenvalue weighted by Gasteiger charge is 2.13.